The van der Waals surface area contributed by atoms with Crippen LogP contribution < -0.4 is 5.32 Å². The molecule has 0 saturated carbocycles. The number of benzene rings is 1. The summed E-state index contributed by atoms with van der Waals surface area (Å²) in [7, 11) is 0. The van der Waals surface area contributed by atoms with E-state index >= 15 is 0 Å². The van der Waals surface area contributed by atoms with Gasteiger partial charge in [-0.3, -0.25) is 4.79 Å². The standard InChI is InChI=1S/C17H28N2O/c1-5-19(6-2)13-7-8-14(3)18-17-11-9-16(10-12-17)15(4)20/h9-12,14,18H,5-8,13H2,1-4H3. The maximum absolute atomic E-state index is 11.2. The summed E-state index contributed by atoms with van der Waals surface area (Å²) >= 11 is 0. The Hall–Kier alpha value is -1.35. The summed E-state index contributed by atoms with van der Waals surface area (Å²) in [5.41, 5.74) is 1.86. The number of rotatable bonds is 9. The van der Waals surface area contributed by atoms with Crippen molar-refractivity contribution in [2.75, 3.05) is 25.0 Å². The van der Waals surface area contributed by atoms with Crippen LogP contribution in [-0.4, -0.2) is 36.4 Å². The largest absolute Gasteiger partial charge is 0.383 e. The highest BCUT2D eigenvalue weighted by Gasteiger charge is 2.05. The van der Waals surface area contributed by atoms with Crippen LogP contribution in [-0.2, 0) is 0 Å². The number of carbonyl (C=O) groups excluding carboxylic acids is 1. The van der Waals surface area contributed by atoms with Crippen LogP contribution in [0.5, 0.6) is 0 Å². The zero-order valence-corrected chi connectivity index (χ0v) is 13.3. The lowest BCUT2D eigenvalue weighted by atomic mass is 10.1. The number of hydrogen-bond donors (Lipinski definition) is 1. The lowest BCUT2D eigenvalue weighted by Crippen LogP contribution is -2.25. The second-order valence-corrected chi connectivity index (χ2v) is 5.35. The first-order valence-electron chi connectivity index (χ1n) is 7.66. The Kier molecular flexibility index (Phi) is 7.31. The fourth-order valence-corrected chi connectivity index (χ4v) is 2.32. The van der Waals surface area contributed by atoms with Crippen molar-refractivity contribution < 1.29 is 4.79 Å². The SMILES string of the molecule is CCN(CC)CCCC(C)Nc1ccc(C(C)=O)cc1. The summed E-state index contributed by atoms with van der Waals surface area (Å²) in [6.07, 6.45) is 2.37. The fraction of sp³-hybridized carbons (Fsp3) is 0.588. The molecule has 1 aromatic rings. The number of anilines is 1. The molecule has 20 heavy (non-hydrogen) atoms. The Morgan fingerprint density at radius 2 is 1.80 bits per heavy atom. The van der Waals surface area contributed by atoms with Gasteiger partial charge in [0.25, 0.3) is 0 Å². The number of Topliss-reactive ketones (excluding diaryl/α,β-unsaturated/α-hetero) is 1. The summed E-state index contributed by atoms with van der Waals surface area (Å²) in [5.74, 6) is 0.115. The van der Waals surface area contributed by atoms with Gasteiger partial charge in [0.2, 0.25) is 0 Å². The lowest BCUT2D eigenvalue weighted by molar-refractivity contribution is 0.101. The van der Waals surface area contributed by atoms with Gasteiger partial charge in [-0.2, -0.15) is 0 Å². The summed E-state index contributed by atoms with van der Waals surface area (Å²) in [4.78, 5) is 13.7. The zero-order valence-electron chi connectivity index (χ0n) is 13.3. The average molecular weight is 276 g/mol. The van der Waals surface area contributed by atoms with Crippen LogP contribution in [0.4, 0.5) is 5.69 Å². The maximum atomic E-state index is 11.2. The summed E-state index contributed by atoms with van der Waals surface area (Å²) < 4.78 is 0. The number of hydrogen-bond acceptors (Lipinski definition) is 3. The first-order valence-corrected chi connectivity index (χ1v) is 7.66. The van der Waals surface area contributed by atoms with Gasteiger partial charge in [0.05, 0.1) is 0 Å². The molecular formula is C17H28N2O. The minimum Gasteiger partial charge on any atom is -0.383 e. The molecule has 0 aliphatic rings. The maximum Gasteiger partial charge on any atom is 0.159 e. The van der Waals surface area contributed by atoms with Crippen molar-refractivity contribution >= 4 is 11.5 Å². The van der Waals surface area contributed by atoms with E-state index in [0.717, 1.165) is 30.8 Å². The predicted molar refractivity (Wildman–Crippen MR) is 86.6 cm³/mol. The molecule has 1 unspecified atom stereocenters. The van der Waals surface area contributed by atoms with Crippen LogP contribution in [0.2, 0.25) is 0 Å². The van der Waals surface area contributed by atoms with E-state index in [9.17, 15) is 4.79 Å². The molecule has 0 amide bonds. The van der Waals surface area contributed by atoms with E-state index in [-0.39, 0.29) is 5.78 Å². The number of nitrogens with zero attached hydrogens (tertiary/aromatic N) is 1. The van der Waals surface area contributed by atoms with Crippen molar-refractivity contribution in [1.82, 2.24) is 4.90 Å². The van der Waals surface area contributed by atoms with Gasteiger partial charge in [-0.25, -0.2) is 0 Å². The third-order valence-corrected chi connectivity index (χ3v) is 3.71. The van der Waals surface area contributed by atoms with Gasteiger partial charge in [-0.15, -0.1) is 0 Å². The molecule has 0 radical (unpaired) electrons. The number of nitrogens with one attached hydrogen (secondary N) is 1. The molecular weight excluding hydrogens is 248 g/mol. The molecule has 0 aromatic heterocycles. The molecule has 1 atom stereocenters. The normalized spacial score (nSPS) is 12.4. The van der Waals surface area contributed by atoms with Crippen LogP contribution in [0.25, 0.3) is 0 Å². The number of carbonyl (C=O) groups is 1. The summed E-state index contributed by atoms with van der Waals surface area (Å²) in [6, 6.07) is 8.18. The molecule has 112 valence electrons. The van der Waals surface area contributed by atoms with E-state index in [0.29, 0.717) is 6.04 Å². The molecule has 0 spiro atoms. The first kappa shape index (κ1) is 16.7. The molecule has 3 heteroatoms. The monoisotopic (exact) mass is 276 g/mol. The van der Waals surface area contributed by atoms with Gasteiger partial charge in [0.15, 0.2) is 5.78 Å². The third kappa shape index (κ3) is 5.74. The minimum absolute atomic E-state index is 0.115. The van der Waals surface area contributed by atoms with E-state index in [1.807, 2.05) is 24.3 Å². The molecule has 0 fully saturated rings. The second kappa shape index (κ2) is 8.75. The molecule has 0 aliphatic carbocycles. The van der Waals surface area contributed by atoms with Crippen molar-refractivity contribution in [2.24, 2.45) is 0 Å². The Labute approximate surface area is 123 Å². The molecule has 1 rings (SSSR count). The summed E-state index contributed by atoms with van der Waals surface area (Å²) in [6.45, 7) is 11.7. The Morgan fingerprint density at radius 3 is 2.30 bits per heavy atom. The molecule has 0 heterocycles. The van der Waals surface area contributed by atoms with Crippen molar-refractivity contribution in [3.63, 3.8) is 0 Å². The summed E-state index contributed by atoms with van der Waals surface area (Å²) in [5, 5.41) is 3.49. The van der Waals surface area contributed by atoms with Crippen LogP contribution in [0, 0.1) is 0 Å². The molecule has 1 aromatic carbocycles. The lowest BCUT2D eigenvalue weighted by Gasteiger charge is -2.20. The van der Waals surface area contributed by atoms with E-state index in [1.165, 1.54) is 13.0 Å². The van der Waals surface area contributed by atoms with E-state index < -0.39 is 0 Å². The first-order chi connectivity index (χ1) is 9.56. The smallest absolute Gasteiger partial charge is 0.159 e. The average Bonchev–Trinajstić information content (AvgIpc) is 2.44. The van der Waals surface area contributed by atoms with Crippen molar-refractivity contribution in [2.45, 2.75) is 46.6 Å². The Balaban J connectivity index is 2.34. The third-order valence-electron chi connectivity index (χ3n) is 3.71. The van der Waals surface area contributed by atoms with Gasteiger partial charge >= 0.3 is 0 Å². The fourth-order valence-electron chi connectivity index (χ4n) is 2.32. The van der Waals surface area contributed by atoms with E-state index in [4.69, 9.17) is 0 Å². The van der Waals surface area contributed by atoms with Gasteiger partial charge in [-0.1, -0.05) is 13.8 Å². The van der Waals surface area contributed by atoms with Gasteiger partial charge < -0.3 is 10.2 Å². The van der Waals surface area contributed by atoms with Crippen LogP contribution in [0.1, 0.15) is 50.9 Å². The number of ketones is 1. The molecule has 0 aliphatic heterocycles. The van der Waals surface area contributed by atoms with Crippen molar-refractivity contribution in [1.29, 1.82) is 0 Å². The molecule has 3 nitrogen and oxygen atoms in total. The van der Waals surface area contributed by atoms with E-state index in [2.05, 4.69) is 31.0 Å². The second-order valence-electron chi connectivity index (χ2n) is 5.35. The highest BCUT2D eigenvalue weighted by Crippen LogP contribution is 2.13. The highest BCUT2D eigenvalue weighted by atomic mass is 16.1. The molecule has 1 N–H and O–H groups in total. The van der Waals surface area contributed by atoms with Gasteiger partial charge in [0, 0.05) is 17.3 Å². The minimum atomic E-state index is 0.115. The molecule has 0 saturated heterocycles. The zero-order chi connectivity index (χ0) is 15.0. The van der Waals surface area contributed by atoms with Crippen LogP contribution in [0.3, 0.4) is 0 Å². The van der Waals surface area contributed by atoms with Gasteiger partial charge in [-0.05, 0) is 70.6 Å². The topological polar surface area (TPSA) is 32.3 Å². The van der Waals surface area contributed by atoms with Crippen molar-refractivity contribution in [3.8, 4) is 0 Å². The van der Waals surface area contributed by atoms with E-state index in [1.54, 1.807) is 6.92 Å². The molecule has 0 bridgehead atoms. The predicted octanol–water partition coefficient (Wildman–Crippen LogP) is 3.81. The van der Waals surface area contributed by atoms with Crippen LogP contribution in [0.15, 0.2) is 24.3 Å². The van der Waals surface area contributed by atoms with Crippen LogP contribution >= 0.6 is 0 Å². The quantitative estimate of drug-likeness (QED) is 0.696. The van der Waals surface area contributed by atoms with Gasteiger partial charge in [0.1, 0.15) is 0 Å². The highest BCUT2D eigenvalue weighted by molar-refractivity contribution is 5.94. The Bertz CT molecular complexity index is 396. The van der Waals surface area contributed by atoms with Crippen molar-refractivity contribution in [3.05, 3.63) is 29.8 Å². The Morgan fingerprint density at radius 1 is 1.20 bits per heavy atom.